The summed E-state index contributed by atoms with van der Waals surface area (Å²) in [5.41, 5.74) is 0.130. The van der Waals surface area contributed by atoms with Gasteiger partial charge in [0.2, 0.25) is 0 Å². The van der Waals surface area contributed by atoms with Crippen molar-refractivity contribution in [2.45, 2.75) is 10.9 Å². The lowest BCUT2D eigenvalue weighted by Crippen LogP contribution is -2.59. The summed E-state index contributed by atoms with van der Waals surface area (Å²) in [5, 5.41) is 2.58. The van der Waals surface area contributed by atoms with Crippen molar-refractivity contribution >= 4 is 23.5 Å². The number of ether oxygens (including phenoxy) is 1. The number of carbonyl (C=O) groups excluding carboxylic acids is 1. The normalized spacial score (nSPS) is 21.9. The average Bonchev–Trinajstić information content (AvgIpc) is 2.54. The minimum atomic E-state index is -0.668. The standard InChI is InChI=1S/C15H19F2N3O2S/c1-23-14-12(16)6-10(7-13(14)17)18-15(21)20-3-2-19-4-5-22-9-11(19)8-20/h6-7,11H,2-5,8-9H2,1H3,(H,18,21)/t11-/m1/s1. The molecular weight excluding hydrogens is 324 g/mol. The van der Waals surface area contributed by atoms with Crippen molar-refractivity contribution < 1.29 is 18.3 Å². The zero-order valence-corrected chi connectivity index (χ0v) is 13.7. The predicted molar refractivity (Wildman–Crippen MR) is 84.9 cm³/mol. The Balaban J connectivity index is 1.65. The molecule has 2 aliphatic rings. The predicted octanol–water partition coefficient (Wildman–Crippen LogP) is 2.24. The first-order chi connectivity index (χ1) is 11.1. The van der Waals surface area contributed by atoms with Gasteiger partial charge in [0.1, 0.15) is 11.6 Å². The fourth-order valence-electron chi connectivity index (χ4n) is 2.96. The van der Waals surface area contributed by atoms with Crippen LogP contribution in [-0.2, 0) is 4.74 Å². The van der Waals surface area contributed by atoms with E-state index in [2.05, 4.69) is 10.2 Å². The molecule has 0 spiro atoms. The highest BCUT2D eigenvalue weighted by molar-refractivity contribution is 7.98. The molecule has 2 fully saturated rings. The third-order valence-corrected chi connectivity index (χ3v) is 4.98. The third kappa shape index (κ3) is 3.59. The van der Waals surface area contributed by atoms with Crippen LogP contribution in [0.2, 0.25) is 0 Å². The summed E-state index contributed by atoms with van der Waals surface area (Å²) in [7, 11) is 0. The maximum atomic E-state index is 13.8. The molecule has 1 atom stereocenters. The van der Waals surface area contributed by atoms with Gasteiger partial charge >= 0.3 is 6.03 Å². The zero-order valence-electron chi connectivity index (χ0n) is 12.8. The van der Waals surface area contributed by atoms with Gasteiger partial charge in [0.25, 0.3) is 0 Å². The largest absolute Gasteiger partial charge is 0.378 e. The van der Waals surface area contributed by atoms with Gasteiger partial charge in [-0.25, -0.2) is 13.6 Å². The van der Waals surface area contributed by atoms with E-state index in [1.807, 2.05) is 0 Å². The molecule has 0 aliphatic carbocycles. The molecule has 0 radical (unpaired) electrons. The molecule has 1 aromatic rings. The van der Waals surface area contributed by atoms with E-state index in [1.54, 1.807) is 11.2 Å². The van der Waals surface area contributed by atoms with Crippen LogP contribution in [0.15, 0.2) is 17.0 Å². The number of anilines is 1. The lowest BCUT2D eigenvalue weighted by Gasteiger charge is -2.43. The Morgan fingerprint density at radius 3 is 2.74 bits per heavy atom. The van der Waals surface area contributed by atoms with Crippen LogP contribution in [0.25, 0.3) is 0 Å². The van der Waals surface area contributed by atoms with Gasteiger partial charge in [-0.2, -0.15) is 0 Å². The number of hydrogen-bond donors (Lipinski definition) is 1. The van der Waals surface area contributed by atoms with Crippen molar-refractivity contribution in [1.29, 1.82) is 0 Å². The summed E-state index contributed by atoms with van der Waals surface area (Å²) < 4.78 is 33.0. The molecule has 2 heterocycles. The summed E-state index contributed by atoms with van der Waals surface area (Å²) in [5.74, 6) is -1.34. The second-order valence-corrected chi connectivity index (χ2v) is 6.43. The van der Waals surface area contributed by atoms with Gasteiger partial charge < -0.3 is 15.0 Å². The van der Waals surface area contributed by atoms with Crippen LogP contribution >= 0.6 is 11.8 Å². The van der Waals surface area contributed by atoms with Crippen LogP contribution in [-0.4, -0.2) is 67.5 Å². The van der Waals surface area contributed by atoms with E-state index in [0.717, 1.165) is 43.6 Å². The SMILES string of the molecule is CSc1c(F)cc(NC(=O)N2CCN3CCOC[C@H]3C2)cc1F. The fourth-order valence-corrected chi connectivity index (χ4v) is 3.47. The second-order valence-electron chi connectivity index (χ2n) is 5.61. The molecule has 2 aliphatic heterocycles. The zero-order chi connectivity index (χ0) is 16.4. The lowest BCUT2D eigenvalue weighted by atomic mass is 10.1. The van der Waals surface area contributed by atoms with Crippen molar-refractivity contribution in [3.63, 3.8) is 0 Å². The smallest absolute Gasteiger partial charge is 0.321 e. The van der Waals surface area contributed by atoms with E-state index < -0.39 is 11.6 Å². The monoisotopic (exact) mass is 343 g/mol. The Morgan fingerprint density at radius 1 is 1.30 bits per heavy atom. The molecule has 2 amide bonds. The van der Waals surface area contributed by atoms with Gasteiger partial charge in [0, 0.05) is 31.9 Å². The van der Waals surface area contributed by atoms with Crippen molar-refractivity contribution in [2.24, 2.45) is 0 Å². The van der Waals surface area contributed by atoms with Crippen LogP contribution in [0.5, 0.6) is 0 Å². The molecule has 0 aromatic heterocycles. The van der Waals surface area contributed by atoms with Gasteiger partial charge in [-0.3, -0.25) is 4.90 Å². The number of nitrogens with one attached hydrogen (secondary N) is 1. The third-order valence-electron chi connectivity index (χ3n) is 4.18. The van der Waals surface area contributed by atoms with Crippen molar-refractivity contribution in [3.8, 4) is 0 Å². The van der Waals surface area contributed by atoms with E-state index in [-0.39, 0.29) is 22.7 Å². The topological polar surface area (TPSA) is 44.8 Å². The molecule has 3 rings (SSSR count). The Kier molecular flexibility index (Phi) is 5.03. The minimum absolute atomic E-state index is 0.0454. The highest BCUT2D eigenvalue weighted by Crippen LogP contribution is 2.26. The number of rotatable bonds is 2. The Morgan fingerprint density at radius 2 is 2.04 bits per heavy atom. The van der Waals surface area contributed by atoms with Crippen LogP contribution in [0.4, 0.5) is 19.3 Å². The molecule has 5 nitrogen and oxygen atoms in total. The number of halogens is 2. The summed E-state index contributed by atoms with van der Waals surface area (Å²) in [6, 6.07) is 2.14. The molecule has 23 heavy (non-hydrogen) atoms. The fraction of sp³-hybridized carbons (Fsp3) is 0.533. The van der Waals surface area contributed by atoms with Crippen LogP contribution in [0.1, 0.15) is 0 Å². The van der Waals surface area contributed by atoms with E-state index >= 15 is 0 Å². The van der Waals surface area contributed by atoms with Gasteiger partial charge in [-0.05, 0) is 18.4 Å². The van der Waals surface area contributed by atoms with E-state index in [4.69, 9.17) is 4.74 Å². The highest BCUT2D eigenvalue weighted by Gasteiger charge is 2.31. The summed E-state index contributed by atoms with van der Waals surface area (Å²) in [4.78, 5) is 16.2. The first kappa shape index (κ1) is 16.5. The van der Waals surface area contributed by atoms with E-state index in [0.29, 0.717) is 19.7 Å². The number of morpholine rings is 1. The van der Waals surface area contributed by atoms with Crippen LogP contribution in [0.3, 0.4) is 0 Å². The number of hydrogen-bond acceptors (Lipinski definition) is 4. The van der Waals surface area contributed by atoms with Gasteiger partial charge in [0.15, 0.2) is 0 Å². The molecule has 126 valence electrons. The molecule has 2 saturated heterocycles. The number of carbonyl (C=O) groups is 1. The number of benzene rings is 1. The summed E-state index contributed by atoms with van der Waals surface area (Å²) in [6.07, 6.45) is 1.60. The molecule has 1 N–H and O–H groups in total. The van der Waals surface area contributed by atoms with Crippen molar-refractivity contribution in [2.75, 3.05) is 51.0 Å². The summed E-state index contributed by atoms with van der Waals surface area (Å²) in [6.45, 7) is 4.15. The first-order valence-electron chi connectivity index (χ1n) is 7.49. The number of piperazine rings is 1. The van der Waals surface area contributed by atoms with Gasteiger partial charge in [-0.1, -0.05) is 0 Å². The van der Waals surface area contributed by atoms with E-state index in [1.165, 1.54) is 0 Å². The number of urea groups is 1. The molecule has 0 bridgehead atoms. The number of nitrogens with zero attached hydrogens (tertiary/aromatic N) is 2. The molecule has 8 heteroatoms. The number of fused-ring (bicyclic) bond motifs is 1. The van der Waals surface area contributed by atoms with E-state index in [9.17, 15) is 13.6 Å². The average molecular weight is 343 g/mol. The van der Waals surface area contributed by atoms with Crippen LogP contribution in [0, 0.1) is 11.6 Å². The maximum Gasteiger partial charge on any atom is 0.321 e. The Labute approximate surface area is 138 Å². The Bertz CT molecular complexity index is 579. The number of amides is 2. The highest BCUT2D eigenvalue weighted by atomic mass is 32.2. The Hall–Kier alpha value is -1.38. The lowest BCUT2D eigenvalue weighted by molar-refractivity contribution is -0.0355. The molecular formula is C15H19F2N3O2S. The quantitative estimate of drug-likeness (QED) is 0.837. The first-order valence-corrected chi connectivity index (χ1v) is 8.71. The second kappa shape index (κ2) is 7.02. The van der Waals surface area contributed by atoms with Gasteiger partial charge in [-0.15, -0.1) is 11.8 Å². The van der Waals surface area contributed by atoms with Crippen molar-refractivity contribution in [1.82, 2.24) is 9.80 Å². The molecule has 0 unspecified atom stereocenters. The van der Waals surface area contributed by atoms with Gasteiger partial charge in [0.05, 0.1) is 24.2 Å². The van der Waals surface area contributed by atoms with Crippen LogP contribution < -0.4 is 5.32 Å². The summed E-state index contributed by atoms with van der Waals surface area (Å²) >= 11 is 0.998. The minimum Gasteiger partial charge on any atom is -0.378 e. The number of thioether (sulfide) groups is 1. The molecule has 1 aromatic carbocycles. The van der Waals surface area contributed by atoms with Crippen molar-refractivity contribution in [3.05, 3.63) is 23.8 Å². The maximum absolute atomic E-state index is 13.8. The molecule has 0 saturated carbocycles.